The number of hydrogen-bond donors (Lipinski definition) is 2. The van der Waals surface area contributed by atoms with Crippen LogP contribution in [0.2, 0.25) is 0 Å². The fourth-order valence-electron chi connectivity index (χ4n) is 1.96. The van der Waals surface area contributed by atoms with Gasteiger partial charge in [-0.2, -0.15) is 0 Å². The predicted octanol–water partition coefficient (Wildman–Crippen LogP) is 3.19. The third-order valence-electron chi connectivity index (χ3n) is 3.08. The molecule has 0 aliphatic carbocycles. The lowest BCUT2D eigenvalue weighted by molar-refractivity contribution is 0.0696. The summed E-state index contributed by atoms with van der Waals surface area (Å²) < 4.78 is 18.8. The van der Waals surface area contributed by atoms with Crippen LogP contribution >= 0.6 is 0 Å². The summed E-state index contributed by atoms with van der Waals surface area (Å²) in [6, 6.07) is 11.5. The molecule has 0 fully saturated rings. The van der Waals surface area contributed by atoms with Crippen molar-refractivity contribution in [3.05, 3.63) is 59.4 Å². The highest BCUT2D eigenvalue weighted by atomic mass is 19.1. The van der Waals surface area contributed by atoms with E-state index < -0.39 is 11.8 Å². The van der Waals surface area contributed by atoms with Crippen molar-refractivity contribution < 1.29 is 19.0 Å². The summed E-state index contributed by atoms with van der Waals surface area (Å²) in [7, 11) is 1.61. The number of nitrogens with one attached hydrogen (secondary N) is 1. The summed E-state index contributed by atoms with van der Waals surface area (Å²) in [6.45, 7) is 0.538. The molecule has 110 valence electrons. The number of rotatable bonds is 6. The average molecular weight is 289 g/mol. The van der Waals surface area contributed by atoms with E-state index in [4.69, 9.17) is 9.84 Å². The molecule has 4 nitrogen and oxygen atoms in total. The van der Waals surface area contributed by atoms with Gasteiger partial charge in [-0.05, 0) is 42.3 Å². The van der Waals surface area contributed by atoms with Crippen LogP contribution in [0.3, 0.4) is 0 Å². The third kappa shape index (κ3) is 3.95. The van der Waals surface area contributed by atoms with E-state index in [2.05, 4.69) is 5.32 Å². The summed E-state index contributed by atoms with van der Waals surface area (Å²) in [5, 5.41) is 11.7. The maximum Gasteiger partial charge on any atom is 0.335 e. The molecule has 2 aromatic rings. The van der Waals surface area contributed by atoms with Crippen LogP contribution in [0, 0.1) is 5.82 Å². The first-order valence-electron chi connectivity index (χ1n) is 6.50. The van der Waals surface area contributed by atoms with Crippen LogP contribution in [-0.2, 0) is 6.42 Å². The van der Waals surface area contributed by atoms with E-state index >= 15 is 0 Å². The predicted molar refractivity (Wildman–Crippen MR) is 78.5 cm³/mol. The fourth-order valence-corrected chi connectivity index (χ4v) is 1.96. The molecule has 0 unspecified atom stereocenters. The number of carbonyl (C=O) groups is 1. The molecule has 0 aliphatic rings. The van der Waals surface area contributed by atoms with E-state index in [1.807, 2.05) is 24.3 Å². The average Bonchev–Trinajstić information content (AvgIpc) is 2.49. The van der Waals surface area contributed by atoms with Crippen molar-refractivity contribution in [1.29, 1.82) is 0 Å². The second-order valence-electron chi connectivity index (χ2n) is 4.53. The lowest BCUT2D eigenvalue weighted by Crippen LogP contribution is -2.07. The van der Waals surface area contributed by atoms with Gasteiger partial charge in [0.2, 0.25) is 0 Å². The zero-order chi connectivity index (χ0) is 15.2. The van der Waals surface area contributed by atoms with Crippen molar-refractivity contribution in [1.82, 2.24) is 0 Å². The monoisotopic (exact) mass is 289 g/mol. The molecule has 21 heavy (non-hydrogen) atoms. The number of anilines is 1. The smallest absolute Gasteiger partial charge is 0.335 e. The van der Waals surface area contributed by atoms with E-state index in [0.29, 0.717) is 18.7 Å². The van der Waals surface area contributed by atoms with Gasteiger partial charge in [-0.1, -0.05) is 12.1 Å². The van der Waals surface area contributed by atoms with Crippen LogP contribution in [0.5, 0.6) is 5.75 Å². The van der Waals surface area contributed by atoms with Gasteiger partial charge < -0.3 is 15.2 Å². The summed E-state index contributed by atoms with van der Waals surface area (Å²) in [5.74, 6) is -0.929. The topological polar surface area (TPSA) is 58.6 Å². The maximum absolute atomic E-state index is 13.7. The number of aromatic carboxylic acids is 1. The minimum absolute atomic E-state index is 0.0640. The molecule has 0 bridgehead atoms. The van der Waals surface area contributed by atoms with E-state index in [-0.39, 0.29) is 5.56 Å². The van der Waals surface area contributed by atoms with Crippen molar-refractivity contribution in [2.24, 2.45) is 0 Å². The molecule has 0 aromatic heterocycles. The Morgan fingerprint density at radius 2 is 2.10 bits per heavy atom. The van der Waals surface area contributed by atoms with E-state index in [9.17, 15) is 9.18 Å². The van der Waals surface area contributed by atoms with Gasteiger partial charge in [0.1, 0.15) is 11.6 Å². The Morgan fingerprint density at radius 3 is 2.76 bits per heavy atom. The van der Waals surface area contributed by atoms with Gasteiger partial charge in [0.25, 0.3) is 0 Å². The Bertz CT molecular complexity index is 643. The molecular weight excluding hydrogens is 273 g/mol. The highest BCUT2D eigenvalue weighted by molar-refractivity contribution is 5.88. The molecule has 0 aliphatic heterocycles. The van der Waals surface area contributed by atoms with Crippen LogP contribution < -0.4 is 10.1 Å². The van der Waals surface area contributed by atoms with Crippen LogP contribution in [0.4, 0.5) is 10.1 Å². The van der Waals surface area contributed by atoms with Crippen molar-refractivity contribution in [3.8, 4) is 5.75 Å². The lowest BCUT2D eigenvalue weighted by atomic mass is 10.1. The van der Waals surface area contributed by atoms with Crippen LogP contribution in [-0.4, -0.2) is 24.7 Å². The standard InChI is InChI=1S/C16H16FNO3/c1-21-13-4-2-3-11(9-13)7-8-18-15-6-5-12(16(19)20)10-14(15)17/h2-6,9-10,18H,7-8H2,1H3,(H,19,20). The SMILES string of the molecule is COc1cccc(CCNc2ccc(C(=O)O)cc2F)c1. The molecule has 0 amide bonds. The molecule has 0 saturated carbocycles. The quantitative estimate of drug-likeness (QED) is 0.857. The molecule has 2 N–H and O–H groups in total. The van der Waals surface area contributed by atoms with E-state index in [0.717, 1.165) is 17.4 Å². The maximum atomic E-state index is 13.7. The summed E-state index contributed by atoms with van der Waals surface area (Å²) >= 11 is 0. The van der Waals surface area contributed by atoms with Crippen LogP contribution in [0.25, 0.3) is 0 Å². The molecule has 2 rings (SSSR count). The van der Waals surface area contributed by atoms with Gasteiger partial charge in [0.05, 0.1) is 18.4 Å². The number of halogens is 1. The van der Waals surface area contributed by atoms with E-state index in [1.165, 1.54) is 12.1 Å². The van der Waals surface area contributed by atoms with Crippen molar-refractivity contribution in [3.63, 3.8) is 0 Å². The Kier molecular flexibility index (Phi) is 4.77. The van der Waals surface area contributed by atoms with Crippen molar-refractivity contribution >= 4 is 11.7 Å². The Balaban J connectivity index is 1.95. The van der Waals surface area contributed by atoms with Gasteiger partial charge in [-0.15, -0.1) is 0 Å². The Labute approximate surface area is 122 Å². The molecule has 0 radical (unpaired) electrons. The first-order valence-corrected chi connectivity index (χ1v) is 6.50. The number of hydrogen-bond acceptors (Lipinski definition) is 3. The van der Waals surface area contributed by atoms with E-state index in [1.54, 1.807) is 7.11 Å². The molecular formula is C16H16FNO3. The highest BCUT2D eigenvalue weighted by Gasteiger charge is 2.07. The molecule has 0 spiro atoms. The zero-order valence-electron chi connectivity index (χ0n) is 11.6. The van der Waals surface area contributed by atoms with Gasteiger partial charge in [0.15, 0.2) is 0 Å². The lowest BCUT2D eigenvalue weighted by Gasteiger charge is -2.09. The minimum atomic E-state index is -1.14. The Hall–Kier alpha value is -2.56. The van der Waals surface area contributed by atoms with Crippen LogP contribution in [0.15, 0.2) is 42.5 Å². The van der Waals surface area contributed by atoms with Crippen LogP contribution in [0.1, 0.15) is 15.9 Å². The number of methoxy groups -OCH3 is 1. The largest absolute Gasteiger partial charge is 0.497 e. The molecule has 0 heterocycles. The number of benzene rings is 2. The molecule has 0 saturated heterocycles. The Morgan fingerprint density at radius 1 is 1.29 bits per heavy atom. The van der Waals surface area contributed by atoms with Crippen molar-refractivity contribution in [2.45, 2.75) is 6.42 Å². The third-order valence-corrected chi connectivity index (χ3v) is 3.08. The zero-order valence-corrected chi connectivity index (χ0v) is 11.6. The van der Waals surface area contributed by atoms with Gasteiger partial charge >= 0.3 is 5.97 Å². The second kappa shape index (κ2) is 6.74. The number of carboxylic acids is 1. The first-order chi connectivity index (χ1) is 10.1. The first kappa shape index (κ1) is 14.8. The highest BCUT2D eigenvalue weighted by Crippen LogP contribution is 2.17. The van der Waals surface area contributed by atoms with Crippen molar-refractivity contribution in [2.75, 3.05) is 19.0 Å². The summed E-state index contributed by atoms with van der Waals surface area (Å²) in [4.78, 5) is 10.7. The molecule has 0 atom stereocenters. The summed E-state index contributed by atoms with van der Waals surface area (Å²) in [6.07, 6.45) is 0.706. The normalized spacial score (nSPS) is 10.2. The molecule has 5 heteroatoms. The minimum Gasteiger partial charge on any atom is -0.497 e. The number of ether oxygens (including phenoxy) is 1. The molecule has 2 aromatic carbocycles. The fraction of sp³-hybridized carbons (Fsp3) is 0.188. The van der Waals surface area contributed by atoms with Gasteiger partial charge in [-0.3, -0.25) is 0 Å². The summed E-state index contributed by atoms with van der Waals surface area (Å²) in [5.41, 5.74) is 1.30. The second-order valence-corrected chi connectivity index (χ2v) is 4.53. The van der Waals surface area contributed by atoms with Gasteiger partial charge in [-0.25, -0.2) is 9.18 Å². The number of carboxylic acid groups (broad SMARTS) is 1. The van der Waals surface area contributed by atoms with Gasteiger partial charge in [0, 0.05) is 6.54 Å².